The zero-order valence-electron chi connectivity index (χ0n) is 13.3. The molecule has 1 fully saturated rings. The fourth-order valence-corrected chi connectivity index (χ4v) is 4.49. The van der Waals surface area contributed by atoms with E-state index in [2.05, 4.69) is 20.8 Å². The standard InChI is InChI=1S/C16H25NO3S/c1-12(2)14-7-8-16(15(10-14)20-4)21(18,19)17-9-5-6-13(3)11-17/h7-8,10,12-13H,5-6,9,11H2,1-4H3. The molecule has 0 aliphatic carbocycles. The lowest BCUT2D eigenvalue weighted by atomic mass is 10.0. The molecule has 1 atom stereocenters. The number of piperidine rings is 1. The van der Waals surface area contributed by atoms with Crippen molar-refractivity contribution in [1.29, 1.82) is 0 Å². The van der Waals surface area contributed by atoms with Crippen LogP contribution < -0.4 is 4.74 Å². The van der Waals surface area contributed by atoms with Crippen LogP contribution in [0.3, 0.4) is 0 Å². The summed E-state index contributed by atoms with van der Waals surface area (Å²) in [6.45, 7) is 7.45. The second-order valence-corrected chi connectivity index (χ2v) is 8.08. The first kappa shape index (κ1) is 16.3. The van der Waals surface area contributed by atoms with Gasteiger partial charge in [-0.3, -0.25) is 0 Å². The predicted octanol–water partition coefficient (Wildman–Crippen LogP) is 3.24. The van der Waals surface area contributed by atoms with E-state index in [4.69, 9.17) is 4.74 Å². The van der Waals surface area contributed by atoms with Gasteiger partial charge in [0.2, 0.25) is 10.0 Å². The Hall–Kier alpha value is -1.07. The molecule has 1 saturated heterocycles. The van der Waals surface area contributed by atoms with Crippen LogP contribution in [0.15, 0.2) is 23.1 Å². The molecule has 1 heterocycles. The fraction of sp³-hybridized carbons (Fsp3) is 0.625. The summed E-state index contributed by atoms with van der Waals surface area (Å²) < 4.78 is 32.6. The third-order valence-electron chi connectivity index (χ3n) is 4.09. The van der Waals surface area contributed by atoms with Gasteiger partial charge in [0.05, 0.1) is 7.11 Å². The van der Waals surface area contributed by atoms with Gasteiger partial charge >= 0.3 is 0 Å². The molecule has 21 heavy (non-hydrogen) atoms. The van der Waals surface area contributed by atoms with Crippen LogP contribution in [0, 0.1) is 5.92 Å². The van der Waals surface area contributed by atoms with E-state index < -0.39 is 10.0 Å². The number of rotatable bonds is 4. The number of benzene rings is 1. The number of sulfonamides is 1. The molecule has 0 saturated carbocycles. The maximum Gasteiger partial charge on any atom is 0.246 e. The molecule has 0 N–H and O–H groups in total. The normalized spacial score (nSPS) is 20.7. The highest BCUT2D eigenvalue weighted by atomic mass is 32.2. The zero-order chi connectivity index (χ0) is 15.6. The van der Waals surface area contributed by atoms with Crippen LogP contribution in [-0.2, 0) is 10.0 Å². The van der Waals surface area contributed by atoms with Crippen molar-refractivity contribution in [2.45, 2.75) is 44.4 Å². The SMILES string of the molecule is COc1cc(C(C)C)ccc1S(=O)(=O)N1CCCC(C)C1. The van der Waals surface area contributed by atoms with Gasteiger partial charge in [-0.05, 0) is 42.4 Å². The smallest absolute Gasteiger partial charge is 0.246 e. The molecule has 4 nitrogen and oxygen atoms in total. The molecule has 118 valence electrons. The van der Waals surface area contributed by atoms with Crippen LogP contribution >= 0.6 is 0 Å². The molecule has 0 aromatic heterocycles. The Labute approximate surface area is 128 Å². The molecule has 5 heteroatoms. The summed E-state index contributed by atoms with van der Waals surface area (Å²) in [7, 11) is -1.95. The number of hydrogen-bond acceptors (Lipinski definition) is 3. The van der Waals surface area contributed by atoms with Crippen LogP contribution in [0.1, 0.15) is 45.1 Å². The summed E-state index contributed by atoms with van der Waals surface area (Å²) in [6, 6.07) is 5.40. The minimum Gasteiger partial charge on any atom is -0.495 e. The van der Waals surface area contributed by atoms with Gasteiger partial charge in [-0.2, -0.15) is 4.31 Å². The van der Waals surface area contributed by atoms with Crippen molar-refractivity contribution < 1.29 is 13.2 Å². The van der Waals surface area contributed by atoms with E-state index in [1.54, 1.807) is 10.4 Å². The number of hydrogen-bond donors (Lipinski definition) is 0. The molecule has 1 aromatic carbocycles. The van der Waals surface area contributed by atoms with Gasteiger partial charge in [0.25, 0.3) is 0 Å². The van der Waals surface area contributed by atoms with Gasteiger partial charge in [-0.25, -0.2) is 8.42 Å². The molecule has 2 rings (SSSR count). The second kappa shape index (κ2) is 6.36. The fourth-order valence-electron chi connectivity index (χ4n) is 2.76. The number of nitrogens with zero attached hydrogens (tertiary/aromatic N) is 1. The average Bonchev–Trinajstić information content (AvgIpc) is 2.46. The Bertz CT molecular complexity index is 596. The summed E-state index contributed by atoms with van der Waals surface area (Å²) in [5, 5.41) is 0. The van der Waals surface area contributed by atoms with Crippen molar-refractivity contribution >= 4 is 10.0 Å². The van der Waals surface area contributed by atoms with Crippen molar-refractivity contribution in [2.24, 2.45) is 5.92 Å². The lowest BCUT2D eigenvalue weighted by molar-refractivity contribution is 0.280. The van der Waals surface area contributed by atoms with Gasteiger partial charge in [0.15, 0.2) is 0 Å². The van der Waals surface area contributed by atoms with E-state index in [1.165, 1.54) is 7.11 Å². The number of methoxy groups -OCH3 is 1. The van der Waals surface area contributed by atoms with E-state index in [0.717, 1.165) is 18.4 Å². The van der Waals surface area contributed by atoms with E-state index in [1.807, 2.05) is 12.1 Å². The molecule has 0 bridgehead atoms. The third-order valence-corrected chi connectivity index (χ3v) is 6.00. The Morgan fingerprint density at radius 3 is 2.62 bits per heavy atom. The summed E-state index contributed by atoms with van der Waals surface area (Å²) >= 11 is 0. The van der Waals surface area contributed by atoms with E-state index in [0.29, 0.717) is 30.7 Å². The van der Waals surface area contributed by atoms with Gasteiger partial charge in [0.1, 0.15) is 10.6 Å². The molecule has 0 amide bonds. The Morgan fingerprint density at radius 1 is 1.33 bits per heavy atom. The van der Waals surface area contributed by atoms with Gasteiger partial charge in [-0.15, -0.1) is 0 Å². The van der Waals surface area contributed by atoms with Crippen LogP contribution in [0.25, 0.3) is 0 Å². The van der Waals surface area contributed by atoms with E-state index >= 15 is 0 Å². The van der Waals surface area contributed by atoms with Gasteiger partial charge in [0, 0.05) is 13.1 Å². The Morgan fingerprint density at radius 2 is 2.05 bits per heavy atom. The summed E-state index contributed by atoms with van der Waals surface area (Å²) in [4.78, 5) is 0.281. The monoisotopic (exact) mass is 311 g/mol. The average molecular weight is 311 g/mol. The highest BCUT2D eigenvalue weighted by Gasteiger charge is 2.31. The minimum absolute atomic E-state index is 0.281. The quantitative estimate of drug-likeness (QED) is 0.857. The first-order valence-electron chi connectivity index (χ1n) is 7.54. The second-order valence-electron chi connectivity index (χ2n) is 6.18. The summed E-state index contributed by atoms with van der Waals surface area (Å²) in [6.07, 6.45) is 2.02. The predicted molar refractivity (Wildman–Crippen MR) is 84.2 cm³/mol. The van der Waals surface area contributed by atoms with Crippen molar-refractivity contribution in [3.05, 3.63) is 23.8 Å². The van der Waals surface area contributed by atoms with E-state index in [9.17, 15) is 8.42 Å². The van der Waals surface area contributed by atoms with Crippen LogP contribution in [0.2, 0.25) is 0 Å². The summed E-state index contributed by atoms with van der Waals surface area (Å²) in [5.41, 5.74) is 1.08. The Balaban J connectivity index is 2.39. The zero-order valence-corrected chi connectivity index (χ0v) is 14.1. The molecule has 1 unspecified atom stereocenters. The highest BCUT2D eigenvalue weighted by Crippen LogP contribution is 2.32. The highest BCUT2D eigenvalue weighted by molar-refractivity contribution is 7.89. The van der Waals surface area contributed by atoms with Crippen molar-refractivity contribution in [3.8, 4) is 5.75 Å². The lowest BCUT2D eigenvalue weighted by Crippen LogP contribution is -2.39. The van der Waals surface area contributed by atoms with E-state index in [-0.39, 0.29) is 4.90 Å². The van der Waals surface area contributed by atoms with Crippen LogP contribution in [0.5, 0.6) is 5.75 Å². The van der Waals surface area contributed by atoms with Crippen LogP contribution in [0.4, 0.5) is 0 Å². The Kier molecular flexibility index (Phi) is 4.94. The minimum atomic E-state index is -3.47. The molecule has 1 aliphatic heterocycles. The largest absolute Gasteiger partial charge is 0.495 e. The number of ether oxygens (including phenoxy) is 1. The summed E-state index contributed by atoms with van der Waals surface area (Å²) in [5.74, 6) is 1.19. The van der Waals surface area contributed by atoms with Crippen molar-refractivity contribution in [3.63, 3.8) is 0 Å². The van der Waals surface area contributed by atoms with Gasteiger partial charge < -0.3 is 4.74 Å². The first-order valence-corrected chi connectivity index (χ1v) is 8.98. The van der Waals surface area contributed by atoms with Gasteiger partial charge in [-0.1, -0.05) is 26.8 Å². The molecule has 0 radical (unpaired) electrons. The molecule has 0 spiro atoms. The maximum atomic E-state index is 12.8. The third kappa shape index (κ3) is 3.40. The molecular formula is C16H25NO3S. The molecule has 1 aromatic rings. The molecule has 1 aliphatic rings. The maximum absolute atomic E-state index is 12.8. The van der Waals surface area contributed by atoms with Crippen LogP contribution in [-0.4, -0.2) is 32.9 Å². The molecular weight excluding hydrogens is 286 g/mol. The van der Waals surface area contributed by atoms with Crippen molar-refractivity contribution in [2.75, 3.05) is 20.2 Å². The van der Waals surface area contributed by atoms with Crippen molar-refractivity contribution in [1.82, 2.24) is 4.31 Å². The first-order chi connectivity index (χ1) is 9.86. The topological polar surface area (TPSA) is 46.6 Å². The lowest BCUT2D eigenvalue weighted by Gasteiger charge is -2.30.